The molecular weight excluding hydrogens is 344 g/mol. The Morgan fingerprint density at radius 2 is 2.11 bits per heavy atom. The first-order valence-corrected chi connectivity index (χ1v) is 9.59. The summed E-state index contributed by atoms with van der Waals surface area (Å²) in [5, 5.41) is 8.16. The lowest BCUT2D eigenvalue weighted by molar-refractivity contribution is -0.137. The van der Waals surface area contributed by atoms with Crippen molar-refractivity contribution in [2.75, 3.05) is 19.9 Å². The molecule has 1 atom stereocenters. The number of carbonyl (C=O) groups excluding carboxylic acids is 1. The van der Waals surface area contributed by atoms with Gasteiger partial charge in [0.15, 0.2) is 11.5 Å². The fourth-order valence-corrected chi connectivity index (χ4v) is 4.06. The Bertz CT molecular complexity index is 834. The van der Waals surface area contributed by atoms with Gasteiger partial charge < -0.3 is 18.9 Å². The van der Waals surface area contributed by atoms with Crippen LogP contribution in [0.3, 0.4) is 0 Å². The number of piperidine rings is 1. The summed E-state index contributed by atoms with van der Waals surface area (Å²) in [6, 6.07) is 6.14. The monoisotopic (exact) mass is 370 g/mol. The molecule has 0 saturated carbocycles. The molecule has 0 radical (unpaired) electrons. The van der Waals surface area contributed by atoms with E-state index in [1.165, 1.54) is 5.56 Å². The number of ether oxygens (including phenoxy) is 2. The standard InChI is InChI=1S/C20H26N4O3/c1-3-23-13-21-22-18(23)7-9-24-12-20(2,8-6-19(24)25)11-15-4-5-16-17(10-15)27-14-26-16/h4-5,10,13H,3,6-9,11-12,14H2,1-2H3/t20-/m1/s1. The highest BCUT2D eigenvalue weighted by molar-refractivity contribution is 5.77. The van der Waals surface area contributed by atoms with Gasteiger partial charge >= 0.3 is 0 Å². The number of amides is 1. The molecule has 1 fully saturated rings. The zero-order valence-electron chi connectivity index (χ0n) is 16.0. The van der Waals surface area contributed by atoms with Gasteiger partial charge in [0.05, 0.1) is 0 Å². The van der Waals surface area contributed by atoms with E-state index in [1.54, 1.807) is 6.33 Å². The van der Waals surface area contributed by atoms with Crippen molar-refractivity contribution in [1.29, 1.82) is 0 Å². The summed E-state index contributed by atoms with van der Waals surface area (Å²) < 4.78 is 12.9. The third kappa shape index (κ3) is 3.77. The maximum Gasteiger partial charge on any atom is 0.231 e. The van der Waals surface area contributed by atoms with Crippen LogP contribution in [-0.4, -0.2) is 45.5 Å². The van der Waals surface area contributed by atoms with Crippen LogP contribution < -0.4 is 9.47 Å². The number of fused-ring (bicyclic) bond motifs is 1. The summed E-state index contributed by atoms with van der Waals surface area (Å²) in [5.74, 6) is 2.80. The number of aromatic nitrogens is 3. The second kappa shape index (κ2) is 7.21. The predicted molar refractivity (Wildman–Crippen MR) is 99.6 cm³/mol. The summed E-state index contributed by atoms with van der Waals surface area (Å²) in [5.41, 5.74) is 1.28. The average Bonchev–Trinajstić information content (AvgIpc) is 3.30. The van der Waals surface area contributed by atoms with Gasteiger partial charge in [-0.1, -0.05) is 13.0 Å². The molecule has 0 bridgehead atoms. The van der Waals surface area contributed by atoms with Crippen LogP contribution in [0.1, 0.15) is 38.1 Å². The van der Waals surface area contributed by atoms with Crippen molar-refractivity contribution in [3.05, 3.63) is 35.9 Å². The molecule has 1 aromatic heterocycles. The van der Waals surface area contributed by atoms with E-state index in [4.69, 9.17) is 9.47 Å². The van der Waals surface area contributed by atoms with E-state index in [1.807, 2.05) is 15.5 Å². The normalized spacial score (nSPS) is 21.7. The predicted octanol–water partition coefficient (Wildman–Crippen LogP) is 2.44. The number of aryl methyl sites for hydroxylation is 1. The minimum absolute atomic E-state index is 0.0556. The van der Waals surface area contributed by atoms with Gasteiger partial charge in [-0.05, 0) is 42.9 Å². The number of carbonyl (C=O) groups is 1. The van der Waals surface area contributed by atoms with Gasteiger partial charge in [0.25, 0.3) is 0 Å². The molecule has 0 unspecified atom stereocenters. The smallest absolute Gasteiger partial charge is 0.231 e. The van der Waals surface area contributed by atoms with Crippen LogP contribution in [0.2, 0.25) is 0 Å². The molecule has 144 valence electrons. The molecule has 3 heterocycles. The molecule has 0 aliphatic carbocycles. The second-order valence-corrected chi connectivity index (χ2v) is 7.77. The zero-order valence-corrected chi connectivity index (χ0v) is 16.0. The third-order valence-electron chi connectivity index (χ3n) is 5.58. The van der Waals surface area contributed by atoms with Crippen molar-refractivity contribution in [2.24, 2.45) is 5.41 Å². The first-order chi connectivity index (χ1) is 13.1. The first-order valence-electron chi connectivity index (χ1n) is 9.59. The van der Waals surface area contributed by atoms with Crippen LogP contribution in [0, 0.1) is 5.41 Å². The van der Waals surface area contributed by atoms with Crippen molar-refractivity contribution in [3.8, 4) is 11.5 Å². The van der Waals surface area contributed by atoms with Crippen LogP contribution in [-0.2, 0) is 24.2 Å². The van der Waals surface area contributed by atoms with Crippen molar-refractivity contribution < 1.29 is 14.3 Å². The molecule has 2 aliphatic heterocycles. The number of nitrogens with zero attached hydrogens (tertiary/aromatic N) is 4. The van der Waals surface area contributed by atoms with Gasteiger partial charge in [-0.2, -0.15) is 0 Å². The first kappa shape index (κ1) is 17.8. The van der Waals surface area contributed by atoms with Gasteiger partial charge in [-0.25, -0.2) is 0 Å². The molecule has 27 heavy (non-hydrogen) atoms. The quantitative estimate of drug-likeness (QED) is 0.781. The minimum atomic E-state index is 0.0556. The minimum Gasteiger partial charge on any atom is -0.454 e. The Balaban J connectivity index is 1.42. The summed E-state index contributed by atoms with van der Waals surface area (Å²) in [6.07, 6.45) is 4.90. The van der Waals surface area contributed by atoms with Gasteiger partial charge in [-0.15, -0.1) is 10.2 Å². The van der Waals surface area contributed by atoms with E-state index in [-0.39, 0.29) is 11.3 Å². The van der Waals surface area contributed by atoms with Crippen molar-refractivity contribution >= 4 is 5.91 Å². The highest BCUT2D eigenvalue weighted by atomic mass is 16.7. The molecule has 4 rings (SSSR count). The molecule has 1 aromatic carbocycles. The van der Waals surface area contributed by atoms with E-state index in [0.717, 1.165) is 49.7 Å². The number of likely N-dealkylation sites (tertiary alicyclic amines) is 1. The van der Waals surface area contributed by atoms with Crippen molar-refractivity contribution in [2.45, 2.75) is 46.1 Å². The Kier molecular flexibility index (Phi) is 4.76. The average molecular weight is 370 g/mol. The summed E-state index contributed by atoms with van der Waals surface area (Å²) in [7, 11) is 0. The Morgan fingerprint density at radius 3 is 2.96 bits per heavy atom. The fourth-order valence-electron chi connectivity index (χ4n) is 4.06. The SMILES string of the molecule is CCn1cnnc1CCN1C[C@@](C)(Cc2ccc3c(c2)OCO3)CCC1=O. The van der Waals surface area contributed by atoms with Crippen LogP contribution in [0.5, 0.6) is 11.5 Å². The number of benzene rings is 1. The molecular formula is C20H26N4O3. The van der Waals surface area contributed by atoms with E-state index < -0.39 is 0 Å². The fraction of sp³-hybridized carbons (Fsp3) is 0.550. The molecule has 0 N–H and O–H groups in total. The second-order valence-electron chi connectivity index (χ2n) is 7.77. The summed E-state index contributed by atoms with van der Waals surface area (Å²) in [4.78, 5) is 14.4. The van der Waals surface area contributed by atoms with Gasteiger partial charge in [-0.3, -0.25) is 4.79 Å². The lowest BCUT2D eigenvalue weighted by Crippen LogP contribution is -2.47. The lowest BCUT2D eigenvalue weighted by atomic mass is 9.76. The summed E-state index contributed by atoms with van der Waals surface area (Å²) >= 11 is 0. The molecule has 2 aliphatic rings. The molecule has 1 amide bonds. The van der Waals surface area contributed by atoms with Crippen molar-refractivity contribution in [3.63, 3.8) is 0 Å². The number of hydrogen-bond acceptors (Lipinski definition) is 5. The maximum atomic E-state index is 12.4. The molecule has 7 nitrogen and oxygen atoms in total. The molecule has 2 aromatic rings. The number of hydrogen-bond donors (Lipinski definition) is 0. The van der Waals surface area contributed by atoms with Gasteiger partial charge in [0.2, 0.25) is 12.7 Å². The summed E-state index contributed by atoms with van der Waals surface area (Å²) in [6.45, 7) is 6.93. The van der Waals surface area contributed by atoms with Crippen LogP contribution in [0.15, 0.2) is 24.5 Å². The van der Waals surface area contributed by atoms with E-state index in [9.17, 15) is 4.79 Å². The zero-order chi connectivity index (χ0) is 18.9. The van der Waals surface area contributed by atoms with Crippen molar-refractivity contribution in [1.82, 2.24) is 19.7 Å². The van der Waals surface area contributed by atoms with E-state index in [0.29, 0.717) is 19.8 Å². The molecule has 7 heteroatoms. The van der Waals surface area contributed by atoms with E-state index >= 15 is 0 Å². The topological polar surface area (TPSA) is 69.5 Å². The Morgan fingerprint density at radius 1 is 1.26 bits per heavy atom. The largest absolute Gasteiger partial charge is 0.454 e. The van der Waals surface area contributed by atoms with Crippen LogP contribution in [0.4, 0.5) is 0 Å². The molecule has 1 saturated heterocycles. The van der Waals surface area contributed by atoms with Gasteiger partial charge in [0.1, 0.15) is 12.2 Å². The Labute approximate surface area is 159 Å². The highest BCUT2D eigenvalue weighted by Gasteiger charge is 2.35. The lowest BCUT2D eigenvalue weighted by Gasteiger charge is -2.40. The Hall–Kier alpha value is -2.57. The van der Waals surface area contributed by atoms with E-state index in [2.05, 4.69) is 36.2 Å². The van der Waals surface area contributed by atoms with Gasteiger partial charge in [0, 0.05) is 32.5 Å². The molecule has 0 spiro atoms. The number of rotatable bonds is 6. The van der Waals surface area contributed by atoms with Crippen LogP contribution in [0.25, 0.3) is 0 Å². The highest BCUT2D eigenvalue weighted by Crippen LogP contribution is 2.37. The third-order valence-corrected chi connectivity index (χ3v) is 5.58. The van der Waals surface area contributed by atoms with Crippen LogP contribution >= 0.6 is 0 Å². The maximum absolute atomic E-state index is 12.4.